The van der Waals surface area contributed by atoms with E-state index in [4.69, 9.17) is 9.15 Å². The smallest absolute Gasteiger partial charge is 0.214 e. The van der Waals surface area contributed by atoms with Crippen LogP contribution in [0.5, 0.6) is 0 Å². The first kappa shape index (κ1) is 18.5. The van der Waals surface area contributed by atoms with Gasteiger partial charge in [-0.05, 0) is 32.3 Å². The van der Waals surface area contributed by atoms with Crippen LogP contribution in [0.25, 0.3) is 0 Å². The zero-order chi connectivity index (χ0) is 18.4. The normalized spacial score (nSPS) is 17.1. The van der Waals surface area contributed by atoms with Crippen LogP contribution < -0.4 is 10.6 Å². The van der Waals surface area contributed by atoms with Crippen molar-refractivity contribution in [2.24, 2.45) is 4.99 Å². The zero-order valence-electron chi connectivity index (χ0n) is 15.8. The standard InChI is InChI=1S/C20H28N4O2/c1-15-16(2)26-18(24-15)13-22-19(21-3)23-14-20(9-11-25-12-10-20)17-7-5-4-6-8-17/h4-8H,9-14H2,1-3H3,(H2,21,22,23). The fourth-order valence-electron chi connectivity index (χ4n) is 3.37. The Morgan fingerprint density at radius 3 is 2.50 bits per heavy atom. The highest BCUT2D eigenvalue weighted by Crippen LogP contribution is 2.34. The van der Waals surface area contributed by atoms with Crippen molar-refractivity contribution in [2.45, 2.75) is 38.6 Å². The maximum Gasteiger partial charge on any atom is 0.214 e. The second-order valence-electron chi connectivity index (χ2n) is 6.79. The third kappa shape index (κ3) is 4.25. The van der Waals surface area contributed by atoms with Crippen LogP contribution >= 0.6 is 0 Å². The molecule has 6 heteroatoms. The van der Waals surface area contributed by atoms with Gasteiger partial charge >= 0.3 is 0 Å². The summed E-state index contributed by atoms with van der Waals surface area (Å²) in [5.41, 5.74) is 2.34. The van der Waals surface area contributed by atoms with Crippen molar-refractivity contribution in [3.05, 3.63) is 53.2 Å². The molecule has 2 heterocycles. The van der Waals surface area contributed by atoms with Gasteiger partial charge in [0.2, 0.25) is 5.89 Å². The summed E-state index contributed by atoms with van der Waals surface area (Å²) in [6, 6.07) is 10.7. The number of aryl methyl sites for hydroxylation is 2. The van der Waals surface area contributed by atoms with E-state index in [0.717, 1.165) is 50.0 Å². The first-order chi connectivity index (χ1) is 12.6. The molecule has 0 radical (unpaired) electrons. The largest absolute Gasteiger partial charge is 0.444 e. The van der Waals surface area contributed by atoms with Crippen molar-refractivity contribution >= 4 is 5.96 Å². The lowest BCUT2D eigenvalue weighted by molar-refractivity contribution is 0.0514. The fourth-order valence-corrected chi connectivity index (χ4v) is 3.37. The molecule has 0 aliphatic carbocycles. The summed E-state index contributed by atoms with van der Waals surface area (Å²) in [5, 5.41) is 6.77. The van der Waals surface area contributed by atoms with Gasteiger partial charge in [0.05, 0.1) is 12.2 Å². The molecule has 3 rings (SSSR count). The van der Waals surface area contributed by atoms with Crippen molar-refractivity contribution in [1.82, 2.24) is 15.6 Å². The van der Waals surface area contributed by atoms with Gasteiger partial charge in [-0.3, -0.25) is 4.99 Å². The summed E-state index contributed by atoms with van der Waals surface area (Å²) in [4.78, 5) is 8.73. The third-order valence-electron chi connectivity index (χ3n) is 5.13. The van der Waals surface area contributed by atoms with E-state index in [-0.39, 0.29) is 5.41 Å². The Balaban J connectivity index is 1.63. The average Bonchev–Trinajstić information content (AvgIpc) is 3.01. The molecule has 2 aromatic rings. The quantitative estimate of drug-likeness (QED) is 0.637. The lowest BCUT2D eigenvalue weighted by Gasteiger charge is -2.38. The van der Waals surface area contributed by atoms with Gasteiger partial charge in [0, 0.05) is 32.2 Å². The Hall–Kier alpha value is -2.34. The minimum Gasteiger partial charge on any atom is -0.444 e. The summed E-state index contributed by atoms with van der Waals surface area (Å²) >= 11 is 0. The molecular weight excluding hydrogens is 328 g/mol. The highest BCUT2D eigenvalue weighted by Gasteiger charge is 2.34. The van der Waals surface area contributed by atoms with Crippen molar-refractivity contribution in [1.29, 1.82) is 0 Å². The summed E-state index contributed by atoms with van der Waals surface area (Å²) in [7, 11) is 1.78. The minimum atomic E-state index is 0.0627. The van der Waals surface area contributed by atoms with Crippen LogP contribution in [-0.2, 0) is 16.7 Å². The number of nitrogens with zero attached hydrogens (tertiary/aromatic N) is 2. The van der Waals surface area contributed by atoms with Crippen molar-refractivity contribution < 1.29 is 9.15 Å². The summed E-state index contributed by atoms with van der Waals surface area (Å²) in [5.74, 6) is 2.28. The molecule has 1 aliphatic heterocycles. The van der Waals surface area contributed by atoms with Gasteiger partial charge in [-0.2, -0.15) is 0 Å². The van der Waals surface area contributed by atoms with E-state index in [2.05, 4.69) is 50.9 Å². The molecule has 0 saturated carbocycles. The van der Waals surface area contributed by atoms with Crippen LogP contribution in [0.15, 0.2) is 39.7 Å². The molecule has 2 N–H and O–H groups in total. The SMILES string of the molecule is CN=C(NCc1nc(C)c(C)o1)NCC1(c2ccccc2)CCOCC1. The number of ether oxygens (including phenoxy) is 1. The molecule has 1 aromatic heterocycles. The number of benzene rings is 1. The lowest BCUT2D eigenvalue weighted by Crippen LogP contribution is -2.47. The second kappa shape index (κ2) is 8.36. The summed E-state index contributed by atoms with van der Waals surface area (Å²) in [6.07, 6.45) is 2.00. The molecule has 1 saturated heterocycles. The number of oxazole rings is 1. The lowest BCUT2D eigenvalue weighted by atomic mass is 9.74. The van der Waals surface area contributed by atoms with Gasteiger partial charge in [-0.15, -0.1) is 0 Å². The molecule has 1 aliphatic rings. The summed E-state index contributed by atoms with van der Waals surface area (Å²) < 4.78 is 11.2. The molecule has 0 spiro atoms. The number of aromatic nitrogens is 1. The number of guanidine groups is 1. The van der Waals surface area contributed by atoms with Crippen LogP contribution in [0, 0.1) is 13.8 Å². The maximum atomic E-state index is 5.62. The van der Waals surface area contributed by atoms with E-state index in [1.165, 1.54) is 5.56 Å². The van der Waals surface area contributed by atoms with E-state index in [1.807, 2.05) is 13.8 Å². The molecule has 6 nitrogen and oxygen atoms in total. The van der Waals surface area contributed by atoms with E-state index in [9.17, 15) is 0 Å². The van der Waals surface area contributed by atoms with Gasteiger partial charge in [0.25, 0.3) is 0 Å². The molecular formula is C20H28N4O2. The predicted octanol–water partition coefficient (Wildman–Crippen LogP) is 2.70. The van der Waals surface area contributed by atoms with Crippen LogP contribution in [-0.4, -0.2) is 37.7 Å². The van der Waals surface area contributed by atoms with Gasteiger partial charge in [-0.1, -0.05) is 30.3 Å². The first-order valence-electron chi connectivity index (χ1n) is 9.14. The monoisotopic (exact) mass is 356 g/mol. The topological polar surface area (TPSA) is 71.7 Å². The Morgan fingerprint density at radius 1 is 1.15 bits per heavy atom. The van der Waals surface area contributed by atoms with Crippen LogP contribution in [0.3, 0.4) is 0 Å². The molecule has 1 aromatic carbocycles. The molecule has 26 heavy (non-hydrogen) atoms. The Kier molecular flexibility index (Phi) is 5.93. The van der Waals surface area contributed by atoms with E-state index in [0.29, 0.717) is 12.4 Å². The summed E-state index contributed by atoms with van der Waals surface area (Å²) in [6.45, 7) is 6.77. The fraction of sp³-hybridized carbons (Fsp3) is 0.500. The number of nitrogens with one attached hydrogen (secondary N) is 2. The van der Waals surface area contributed by atoms with E-state index < -0.39 is 0 Å². The number of hydrogen-bond donors (Lipinski definition) is 2. The number of hydrogen-bond acceptors (Lipinski definition) is 4. The zero-order valence-corrected chi connectivity index (χ0v) is 15.8. The average molecular weight is 356 g/mol. The van der Waals surface area contributed by atoms with Crippen molar-refractivity contribution in [2.75, 3.05) is 26.8 Å². The Morgan fingerprint density at radius 2 is 1.88 bits per heavy atom. The van der Waals surface area contributed by atoms with E-state index >= 15 is 0 Å². The van der Waals surface area contributed by atoms with Gasteiger partial charge in [0.15, 0.2) is 5.96 Å². The van der Waals surface area contributed by atoms with Crippen LogP contribution in [0.2, 0.25) is 0 Å². The van der Waals surface area contributed by atoms with Gasteiger partial charge < -0.3 is 19.8 Å². The van der Waals surface area contributed by atoms with Crippen molar-refractivity contribution in [3.63, 3.8) is 0 Å². The van der Waals surface area contributed by atoms with Crippen LogP contribution in [0.4, 0.5) is 0 Å². The molecule has 0 bridgehead atoms. The number of aliphatic imine (C=N–C) groups is 1. The van der Waals surface area contributed by atoms with Gasteiger partial charge in [0.1, 0.15) is 5.76 Å². The molecule has 0 amide bonds. The van der Waals surface area contributed by atoms with E-state index in [1.54, 1.807) is 7.05 Å². The third-order valence-corrected chi connectivity index (χ3v) is 5.13. The molecule has 0 unspecified atom stereocenters. The number of rotatable bonds is 5. The highest BCUT2D eigenvalue weighted by molar-refractivity contribution is 5.79. The second-order valence-corrected chi connectivity index (χ2v) is 6.79. The predicted molar refractivity (Wildman–Crippen MR) is 102 cm³/mol. The maximum absolute atomic E-state index is 5.62. The Bertz CT molecular complexity index is 714. The van der Waals surface area contributed by atoms with Crippen molar-refractivity contribution in [3.8, 4) is 0 Å². The highest BCUT2D eigenvalue weighted by atomic mass is 16.5. The van der Waals surface area contributed by atoms with Gasteiger partial charge in [-0.25, -0.2) is 4.98 Å². The molecule has 1 fully saturated rings. The first-order valence-corrected chi connectivity index (χ1v) is 9.14. The molecule has 0 atom stereocenters. The molecule has 140 valence electrons. The van der Waals surface area contributed by atoms with Crippen LogP contribution in [0.1, 0.15) is 35.7 Å². The Labute approximate surface area is 155 Å². The minimum absolute atomic E-state index is 0.0627.